The number of aromatic nitrogens is 5. The van der Waals surface area contributed by atoms with Crippen LogP contribution >= 0.6 is 11.8 Å². The molecular weight excluding hydrogens is 430 g/mol. The van der Waals surface area contributed by atoms with Crippen molar-refractivity contribution in [2.75, 3.05) is 7.11 Å². The molecule has 0 amide bonds. The fourth-order valence-electron chi connectivity index (χ4n) is 3.68. The molecule has 9 nitrogen and oxygen atoms in total. The molecule has 4 aromatic heterocycles. The van der Waals surface area contributed by atoms with E-state index in [-0.39, 0.29) is 22.6 Å². The molecule has 4 aromatic rings. The number of ether oxygens (including phenoxy) is 1. The zero-order chi connectivity index (χ0) is 22.4. The molecule has 0 radical (unpaired) electrons. The highest BCUT2D eigenvalue weighted by atomic mass is 32.2. The van der Waals surface area contributed by atoms with E-state index < -0.39 is 11.5 Å². The van der Waals surface area contributed by atoms with Crippen LogP contribution in [0.2, 0.25) is 0 Å². The number of carbonyl (C=O) groups is 1. The monoisotopic (exact) mass is 449 g/mol. The average molecular weight is 449 g/mol. The molecule has 10 heteroatoms. The third-order valence-electron chi connectivity index (χ3n) is 5.26. The average Bonchev–Trinajstić information content (AvgIpc) is 3.61. The van der Waals surface area contributed by atoms with E-state index in [1.54, 1.807) is 31.3 Å². The summed E-state index contributed by atoms with van der Waals surface area (Å²) in [6, 6.07) is 8.55. The highest BCUT2D eigenvalue weighted by molar-refractivity contribution is 7.98. The van der Waals surface area contributed by atoms with Gasteiger partial charge in [0.2, 0.25) is 0 Å². The van der Waals surface area contributed by atoms with Crippen LogP contribution in [0.15, 0.2) is 51.3 Å². The number of thioether (sulfide) groups is 1. The summed E-state index contributed by atoms with van der Waals surface area (Å²) in [6.45, 7) is 1.77. The molecule has 1 saturated carbocycles. The lowest BCUT2D eigenvalue weighted by Gasteiger charge is -2.15. The van der Waals surface area contributed by atoms with Gasteiger partial charge in [-0.25, -0.2) is 14.8 Å². The Morgan fingerprint density at radius 2 is 2.00 bits per heavy atom. The van der Waals surface area contributed by atoms with E-state index in [1.165, 1.54) is 29.3 Å². The molecule has 1 fully saturated rings. The van der Waals surface area contributed by atoms with Crippen molar-refractivity contribution in [1.29, 1.82) is 0 Å². The summed E-state index contributed by atoms with van der Waals surface area (Å²) in [5.41, 5.74) is 1.66. The van der Waals surface area contributed by atoms with E-state index in [0.717, 1.165) is 12.8 Å². The molecule has 1 aliphatic rings. The molecular formula is C22H19N5O4S. The topological polar surface area (TPSA) is 108 Å². The zero-order valence-corrected chi connectivity index (χ0v) is 18.3. The van der Waals surface area contributed by atoms with Crippen LogP contribution in [-0.4, -0.2) is 37.0 Å². The number of esters is 1. The Balaban J connectivity index is 1.61. The summed E-state index contributed by atoms with van der Waals surface area (Å²) < 4.78 is 8.27. The van der Waals surface area contributed by atoms with Crippen molar-refractivity contribution in [1.82, 2.24) is 23.9 Å². The van der Waals surface area contributed by atoms with E-state index in [4.69, 9.17) is 4.74 Å². The van der Waals surface area contributed by atoms with E-state index in [1.807, 2.05) is 10.6 Å². The highest BCUT2D eigenvalue weighted by Gasteiger charge is 2.30. The lowest BCUT2D eigenvalue weighted by Crippen LogP contribution is -2.20. The number of nitrogens with zero attached hydrogens (tertiary/aromatic N) is 5. The summed E-state index contributed by atoms with van der Waals surface area (Å²) in [5, 5.41) is 0.662. The molecule has 162 valence electrons. The number of carbonyl (C=O) groups excluding carboxylic acids is 1. The number of methoxy groups -OCH3 is 1. The maximum absolute atomic E-state index is 12.9. The van der Waals surface area contributed by atoms with E-state index >= 15 is 0 Å². The first kappa shape index (κ1) is 20.4. The molecule has 5 rings (SSSR count). The lowest BCUT2D eigenvalue weighted by atomic mass is 10.1. The minimum Gasteiger partial charge on any atom is -0.465 e. The van der Waals surface area contributed by atoms with E-state index in [9.17, 15) is 14.4 Å². The second-order valence-electron chi connectivity index (χ2n) is 7.61. The second kappa shape index (κ2) is 7.86. The molecule has 0 spiro atoms. The summed E-state index contributed by atoms with van der Waals surface area (Å²) in [5.74, 6) is -0.232. The van der Waals surface area contributed by atoms with Crippen molar-refractivity contribution in [3.05, 3.63) is 74.2 Å². The van der Waals surface area contributed by atoms with Crippen molar-refractivity contribution >= 4 is 34.4 Å². The van der Waals surface area contributed by atoms with Crippen LogP contribution in [0.25, 0.3) is 16.7 Å². The van der Waals surface area contributed by atoms with Crippen LogP contribution in [0.3, 0.4) is 0 Å². The molecule has 0 unspecified atom stereocenters. The summed E-state index contributed by atoms with van der Waals surface area (Å²) in [6.07, 6.45) is 3.54. The third kappa shape index (κ3) is 3.56. The van der Waals surface area contributed by atoms with Crippen LogP contribution in [0.4, 0.5) is 0 Å². The van der Waals surface area contributed by atoms with Gasteiger partial charge in [-0.3, -0.25) is 14.0 Å². The van der Waals surface area contributed by atoms with Gasteiger partial charge in [-0.2, -0.15) is 4.98 Å². The Morgan fingerprint density at radius 1 is 1.19 bits per heavy atom. The van der Waals surface area contributed by atoms with Crippen molar-refractivity contribution in [2.45, 2.75) is 36.7 Å². The maximum Gasteiger partial charge on any atom is 0.338 e. The molecule has 1 aliphatic carbocycles. The molecule has 0 N–H and O–H groups in total. The van der Waals surface area contributed by atoms with Gasteiger partial charge < -0.3 is 9.30 Å². The summed E-state index contributed by atoms with van der Waals surface area (Å²) in [7, 11) is 1.28. The first-order chi connectivity index (χ1) is 15.5. The SMILES string of the molecule is COC(=O)c1cc(C)nc2c1c(=O)nc(SCc1cc(=O)n3ccccc3n1)n2C1CC1. The van der Waals surface area contributed by atoms with E-state index in [0.29, 0.717) is 33.6 Å². The molecule has 0 atom stereocenters. The molecule has 4 heterocycles. The fourth-order valence-corrected chi connectivity index (χ4v) is 4.63. The predicted molar refractivity (Wildman–Crippen MR) is 119 cm³/mol. The Bertz CT molecular complexity index is 1510. The fraction of sp³-hybridized carbons (Fsp3) is 0.273. The van der Waals surface area contributed by atoms with Crippen molar-refractivity contribution in [3.8, 4) is 0 Å². The molecule has 0 bridgehead atoms. The van der Waals surface area contributed by atoms with Crippen LogP contribution in [0.5, 0.6) is 0 Å². The number of aryl methyl sites for hydroxylation is 1. The molecule has 32 heavy (non-hydrogen) atoms. The van der Waals surface area contributed by atoms with Gasteiger partial charge in [-0.05, 0) is 38.0 Å². The van der Waals surface area contributed by atoms with Gasteiger partial charge >= 0.3 is 5.97 Å². The molecule has 0 aromatic carbocycles. The zero-order valence-electron chi connectivity index (χ0n) is 17.4. The minimum absolute atomic E-state index is 0.156. The number of fused-ring (bicyclic) bond motifs is 2. The van der Waals surface area contributed by atoms with Gasteiger partial charge in [0.25, 0.3) is 11.1 Å². The van der Waals surface area contributed by atoms with Gasteiger partial charge in [0.15, 0.2) is 5.16 Å². The smallest absolute Gasteiger partial charge is 0.338 e. The number of hydrogen-bond donors (Lipinski definition) is 0. The van der Waals surface area contributed by atoms with E-state index in [2.05, 4.69) is 15.0 Å². The Kier molecular flexibility index (Phi) is 5.01. The minimum atomic E-state index is -0.594. The van der Waals surface area contributed by atoms with Crippen LogP contribution < -0.4 is 11.1 Å². The third-order valence-corrected chi connectivity index (χ3v) is 6.25. The van der Waals surface area contributed by atoms with Gasteiger partial charge in [-0.1, -0.05) is 17.8 Å². The Hall–Kier alpha value is -3.53. The normalized spacial score (nSPS) is 13.6. The second-order valence-corrected chi connectivity index (χ2v) is 8.55. The van der Waals surface area contributed by atoms with Crippen molar-refractivity contribution in [2.24, 2.45) is 0 Å². The Labute approximate surface area is 186 Å². The first-order valence-corrected chi connectivity index (χ1v) is 11.1. The quantitative estimate of drug-likeness (QED) is 0.260. The largest absolute Gasteiger partial charge is 0.465 e. The summed E-state index contributed by atoms with van der Waals surface area (Å²) in [4.78, 5) is 51.0. The standard InChI is InChI=1S/C22H19N5O4S/c1-12-9-15(21(30)31-2)18-19(23-12)27(14-6-7-14)22(25-20(18)29)32-11-13-10-17(28)26-8-4-3-5-16(26)24-13/h3-5,8-10,14H,6-7,11H2,1-2H3. The molecule has 0 saturated heterocycles. The Morgan fingerprint density at radius 3 is 2.75 bits per heavy atom. The number of pyridine rings is 2. The van der Waals surface area contributed by atoms with Crippen molar-refractivity contribution < 1.29 is 9.53 Å². The first-order valence-electron chi connectivity index (χ1n) is 10.1. The highest BCUT2D eigenvalue weighted by Crippen LogP contribution is 2.40. The van der Waals surface area contributed by atoms with Gasteiger partial charge in [0.05, 0.1) is 23.8 Å². The van der Waals surface area contributed by atoms with Gasteiger partial charge in [0, 0.05) is 29.8 Å². The molecule has 0 aliphatic heterocycles. The lowest BCUT2D eigenvalue weighted by molar-refractivity contribution is 0.0602. The summed E-state index contributed by atoms with van der Waals surface area (Å²) >= 11 is 1.33. The van der Waals surface area contributed by atoms with Crippen LogP contribution in [0.1, 0.15) is 40.6 Å². The maximum atomic E-state index is 12.9. The predicted octanol–water partition coefficient (Wildman–Crippen LogP) is 2.52. The van der Waals surface area contributed by atoms with Gasteiger partial charge in [0.1, 0.15) is 11.3 Å². The van der Waals surface area contributed by atoms with Crippen molar-refractivity contribution in [3.63, 3.8) is 0 Å². The van der Waals surface area contributed by atoms with Gasteiger partial charge in [-0.15, -0.1) is 0 Å². The van der Waals surface area contributed by atoms with Crippen LogP contribution in [0, 0.1) is 6.92 Å². The van der Waals surface area contributed by atoms with Crippen LogP contribution in [-0.2, 0) is 10.5 Å². The number of rotatable bonds is 5. The number of hydrogen-bond acceptors (Lipinski definition) is 8.